The Morgan fingerprint density at radius 3 is 2.66 bits per heavy atom. The lowest BCUT2D eigenvalue weighted by molar-refractivity contribution is -0.149. The number of nitrogens with zero attached hydrogens (tertiary/aromatic N) is 1. The molecule has 2 aromatic carbocycles. The summed E-state index contributed by atoms with van der Waals surface area (Å²) >= 11 is 0. The van der Waals surface area contributed by atoms with E-state index >= 15 is 0 Å². The molecule has 4 aliphatic heterocycles. The molecule has 2 aliphatic carbocycles. The van der Waals surface area contributed by atoms with E-state index in [0.717, 1.165) is 55.5 Å². The molecule has 0 amide bonds. The number of nitrogens with one attached hydrogen (secondary N) is 3. The predicted octanol–water partition coefficient (Wildman–Crippen LogP) is 6.82. The highest BCUT2D eigenvalue weighted by Gasteiger charge is 2.49. The van der Waals surface area contributed by atoms with Crippen LogP contribution in [0.5, 0.6) is 5.75 Å². The molecule has 6 bridgehead atoms. The number of para-hydroxylation sites is 1. The third-order valence-electron chi connectivity index (χ3n) is 13.1. The summed E-state index contributed by atoms with van der Waals surface area (Å²) in [5, 5.41) is 6.30. The third kappa shape index (κ3) is 4.41. The van der Waals surface area contributed by atoms with Crippen LogP contribution in [0.3, 0.4) is 0 Å². The van der Waals surface area contributed by atoms with E-state index in [2.05, 4.69) is 76.5 Å². The van der Waals surface area contributed by atoms with Crippen LogP contribution in [0.1, 0.15) is 79.4 Å². The fourth-order valence-corrected chi connectivity index (χ4v) is 11.1. The number of carbonyl (C=O) groups is 1. The van der Waals surface area contributed by atoms with Gasteiger partial charge in [-0.05, 0) is 86.1 Å². The first-order chi connectivity index (χ1) is 23.0. The van der Waals surface area contributed by atoms with Crippen LogP contribution >= 0.6 is 0 Å². The quantitative estimate of drug-likeness (QED) is 0.170. The van der Waals surface area contributed by atoms with Gasteiger partial charge in [0, 0.05) is 82.3 Å². The summed E-state index contributed by atoms with van der Waals surface area (Å²) in [7, 11) is 3.36. The molecular weight excluding hydrogens is 584 g/mol. The van der Waals surface area contributed by atoms with Gasteiger partial charge < -0.3 is 24.8 Å². The number of piperidine rings is 3. The standard InChI is InChI=1S/C40H48N4O3/c1-5-22-13-21-14-31-37-25(11-12-44(20-21)39(22)31)27-18-35(46-3)28(16-33(27)43-37)29-15-26-23(6-2)19-41-34(36(26)40(45)47-4)17-30-24-9-7-8-10-32(24)42-38(29)30/h6-10,16,18,21-22,26,29,31,34,36,39,41-43H,5,11-15,17,19-20H2,1-4H3/t21-,22-,26+,29+,31-,34-,36-,39-/m0/s1. The Hall–Kier alpha value is -3.55. The van der Waals surface area contributed by atoms with Gasteiger partial charge in [0.1, 0.15) is 5.75 Å². The number of methoxy groups -OCH3 is 2. The van der Waals surface area contributed by atoms with Gasteiger partial charge in [0.25, 0.3) is 0 Å². The fourth-order valence-electron chi connectivity index (χ4n) is 11.1. The second kappa shape index (κ2) is 11.3. The van der Waals surface area contributed by atoms with Gasteiger partial charge >= 0.3 is 5.97 Å². The van der Waals surface area contributed by atoms with Crippen LogP contribution in [-0.2, 0) is 22.4 Å². The zero-order chi connectivity index (χ0) is 32.0. The van der Waals surface area contributed by atoms with E-state index in [1.54, 1.807) is 0 Å². The van der Waals surface area contributed by atoms with Crippen molar-refractivity contribution in [3.8, 4) is 5.75 Å². The van der Waals surface area contributed by atoms with E-state index in [1.807, 2.05) is 7.11 Å². The van der Waals surface area contributed by atoms with Crippen molar-refractivity contribution in [2.24, 2.45) is 23.7 Å². The Morgan fingerprint density at radius 1 is 1.00 bits per heavy atom. The lowest BCUT2D eigenvalue weighted by atomic mass is 9.65. The largest absolute Gasteiger partial charge is 0.496 e. The van der Waals surface area contributed by atoms with E-state index < -0.39 is 0 Å². The summed E-state index contributed by atoms with van der Waals surface area (Å²) in [6, 6.07) is 14.0. The predicted molar refractivity (Wildman–Crippen MR) is 186 cm³/mol. The van der Waals surface area contributed by atoms with Crippen LogP contribution in [0, 0.1) is 23.7 Å². The number of aromatic nitrogens is 2. The zero-order valence-electron chi connectivity index (χ0n) is 28.2. The van der Waals surface area contributed by atoms with Crippen molar-refractivity contribution in [3.05, 3.63) is 76.1 Å². The molecule has 47 heavy (non-hydrogen) atoms. The Kier molecular flexibility index (Phi) is 7.09. The SMILES string of the molecule is CC=C1CN[C@H]2Cc3c([nH]c4ccccc34)[C@@H](c3cc4[nH]c5c(c4cc3OC)CCN3C[C@H]4C[C@H](CC)[C@H]3[C@H]5C4)C[C@H]1[C@@H]2C(=O)OC. The van der Waals surface area contributed by atoms with E-state index in [1.165, 1.54) is 82.9 Å². The lowest BCUT2D eigenvalue weighted by Crippen LogP contribution is -2.56. The number of benzene rings is 2. The van der Waals surface area contributed by atoms with Crippen molar-refractivity contribution in [3.63, 3.8) is 0 Å². The molecule has 6 aliphatic rings. The van der Waals surface area contributed by atoms with Crippen molar-refractivity contribution in [2.75, 3.05) is 33.9 Å². The third-order valence-corrected chi connectivity index (χ3v) is 13.1. The molecule has 1 saturated carbocycles. The molecule has 3 N–H and O–H groups in total. The van der Waals surface area contributed by atoms with E-state index in [-0.39, 0.29) is 29.8 Å². The highest BCUT2D eigenvalue weighted by molar-refractivity contribution is 5.89. The number of ether oxygens (including phenoxy) is 2. The van der Waals surface area contributed by atoms with Crippen molar-refractivity contribution >= 4 is 27.8 Å². The molecule has 7 nitrogen and oxygen atoms in total. The van der Waals surface area contributed by atoms with Gasteiger partial charge in [-0.25, -0.2) is 0 Å². The van der Waals surface area contributed by atoms with Crippen molar-refractivity contribution < 1.29 is 14.3 Å². The maximum Gasteiger partial charge on any atom is 0.310 e. The maximum atomic E-state index is 13.6. The molecule has 0 radical (unpaired) electrons. The molecule has 10 rings (SSSR count). The van der Waals surface area contributed by atoms with Gasteiger partial charge in [-0.3, -0.25) is 9.69 Å². The molecule has 246 valence electrons. The summed E-state index contributed by atoms with van der Waals surface area (Å²) in [5.74, 6) is 2.85. The average Bonchev–Trinajstić information content (AvgIpc) is 3.62. The highest BCUT2D eigenvalue weighted by atomic mass is 16.5. The Labute approximate surface area is 277 Å². The van der Waals surface area contributed by atoms with Crippen LogP contribution in [0.4, 0.5) is 0 Å². The summed E-state index contributed by atoms with van der Waals surface area (Å²) in [5.41, 5.74) is 10.4. The zero-order valence-corrected chi connectivity index (χ0v) is 28.2. The molecular formula is C40H48N4O3. The highest BCUT2D eigenvalue weighted by Crippen LogP contribution is 2.53. The number of rotatable bonds is 4. The summed E-state index contributed by atoms with van der Waals surface area (Å²) in [4.78, 5) is 24.3. The minimum atomic E-state index is -0.253. The first kappa shape index (κ1) is 29.6. The van der Waals surface area contributed by atoms with Gasteiger partial charge in [-0.2, -0.15) is 0 Å². The lowest BCUT2D eigenvalue weighted by Gasteiger charge is -2.53. The molecule has 2 aromatic heterocycles. The summed E-state index contributed by atoms with van der Waals surface area (Å²) < 4.78 is 11.8. The number of fused-ring (bicyclic) bond motifs is 9. The smallest absolute Gasteiger partial charge is 0.310 e. The second-order valence-corrected chi connectivity index (χ2v) is 15.1. The summed E-state index contributed by atoms with van der Waals surface area (Å²) in [6.45, 7) is 7.72. The molecule has 0 spiro atoms. The summed E-state index contributed by atoms with van der Waals surface area (Å²) in [6.07, 6.45) is 8.85. The van der Waals surface area contributed by atoms with Crippen LogP contribution in [0.25, 0.3) is 21.8 Å². The van der Waals surface area contributed by atoms with E-state index in [0.29, 0.717) is 12.0 Å². The number of H-pyrrole nitrogens is 2. The number of esters is 1. The number of hydrogen-bond acceptors (Lipinski definition) is 5. The van der Waals surface area contributed by atoms with Crippen LogP contribution in [0.2, 0.25) is 0 Å². The number of aromatic amines is 2. The second-order valence-electron chi connectivity index (χ2n) is 15.1. The van der Waals surface area contributed by atoms with Gasteiger partial charge in [-0.1, -0.05) is 43.2 Å². The molecule has 7 heteroatoms. The monoisotopic (exact) mass is 632 g/mol. The van der Waals surface area contributed by atoms with Gasteiger partial charge in [0.05, 0.1) is 20.1 Å². The molecule has 9 atom stereocenters. The maximum absolute atomic E-state index is 13.6. The number of allylic oxidation sites excluding steroid dienone is 1. The van der Waals surface area contributed by atoms with Crippen LogP contribution in [-0.4, -0.2) is 66.8 Å². The van der Waals surface area contributed by atoms with Gasteiger partial charge in [0.15, 0.2) is 0 Å². The van der Waals surface area contributed by atoms with Crippen molar-refractivity contribution in [2.45, 2.75) is 76.3 Å². The molecule has 4 aromatic rings. The first-order valence-electron chi connectivity index (χ1n) is 18.0. The number of carbonyl (C=O) groups excluding carboxylic acids is 1. The Morgan fingerprint density at radius 2 is 1.85 bits per heavy atom. The average molecular weight is 633 g/mol. The number of hydrogen-bond donors (Lipinski definition) is 3. The Bertz CT molecular complexity index is 1900. The molecule has 1 unspecified atom stereocenters. The molecule has 4 fully saturated rings. The van der Waals surface area contributed by atoms with Crippen LogP contribution in [0.15, 0.2) is 48.0 Å². The normalized spacial score (nSPS) is 33.6. The Balaban J connectivity index is 1.23. The van der Waals surface area contributed by atoms with Crippen molar-refractivity contribution in [1.29, 1.82) is 0 Å². The topological polar surface area (TPSA) is 82.4 Å². The fraction of sp³-hybridized carbons (Fsp3) is 0.525. The minimum Gasteiger partial charge on any atom is -0.496 e. The molecule has 6 heterocycles. The minimum absolute atomic E-state index is 0.0100. The van der Waals surface area contributed by atoms with E-state index in [4.69, 9.17) is 9.47 Å². The van der Waals surface area contributed by atoms with Gasteiger partial charge in [0.2, 0.25) is 0 Å². The first-order valence-corrected chi connectivity index (χ1v) is 18.0. The van der Waals surface area contributed by atoms with Gasteiger partial charge in [-0.15, -0.1) is 0 Å². The molecule has 3 saturated heterocycles. The van der Waals surface area contributed by atoms with Crippen molar-refractivity contribution in [1.82, 2.24) is 20.2 Å². The van der Waals surface area contributed by atoms with E-state index in [9.17, 15) is 4.79 Å². The van der Waals surface area contributed by atoms with Crippen LogP contribution < -0.4 is 10.1 Å².